The number of halogens is 1. The van der Waals surface area contributed by atoms with Crippen molar-refractivity contribution in [1.29, 1.82) is 0 Å². The van der Waals surface area contributed by atoms with Gasteiger partial charge in [0.05, 0.1) is 19.8 Å². The lowest BCUT2D eigenvalue weighted by molar-refractivity contribution is -0.299. The lowest BCUT2D eigenvalue weighted by Gasteiger charge is -2.49. The third-order valence-corrected chi connectivity index (χ3v) is 6.55. The van der Waals surface area contributed by atoms with Gasteiger partial charge in [0, 0.05) is 18.2 Å². The van der Waals surface area contributed by atoms with E-state index in [1.54, 1.807) is 12.1 Å². The minimum Gasteiger partial charge on any atom is -0.494 e. The smallest absolute Gasteiger partial charge is 0.144 e. The zero-order valence-electron chi connectivity index (χ0n) is 18.7. The molecule has 33 heavy (non-hydrogen) atoms. The molecule has 0 saturated carbocycles. The molecule has 2 aliphatic rings. The van der Waals surface area contributed by atoms with Gasteiger partial charge in [-0.15, -0.1) is 0 Å². The topological polar surface area (TPSA) is 97.6 Å². The zero-order chi connectivity index (χ0) is 23.4. The van der Waals surface area contributed by atoms with Gasteiger partial charge < -0.3 is 34.3 Å². The summed E-state index contributed by atoms with van der Waals surface area (Å²) in [7, 11) is 0. The van der Waals surface area contributed by atoms with Gasteiger partial charge in [-0.3, -0.25) is 0 Å². The second-order valence-electron chi connectivity index (χ2n) is 8.59. The first-order valence-corrected chi connectivity index (χ1v) is 11.7. The highest BCUT2D eigenvalue weighted by atomic mass is 35.5. The van der Waals surface area contributed by atoms with Crippen LogP contribution in [-0.4, -0.2) is 72.3 Å². The summed E-state index contributed by atoms with van der Waals surface area (Å²) in [5.41, 5.74) is 1.28. The summed E-state index contributed by atoms with van der Waals surface area (Å²) >= 11 is 6.48. The maximum Gasteiger partial charge on any atom is 0.144 e. The van der Waals surface area contributed by atoms with Crippen LogP contribution in [0.4, 0.5) is 0 Å². The number of aliphatic hydroxyl groups is 3. The molecule has 2 aromatic carbocycles. The summed E-state index contributed by atoms with van der Waals surface area (Å²) in [5.74, 6) is 0.807. The fraction of sp³-hybridized carbons (Fsp3) is 0.520. The Bertz CT molecular complexity index is 911. The first-order chi connectivity index (χ1) is 15.9. The normalized spacial score (nSPS) is 27.7. The summed E-state index contributed by atoms with van der Waals surface area (Å²) in [6.07, 6.45) is -3.66. The second kappa shape index (κ2) is 10.7. The Morgan fingerprint density at radius 1 is 1.00 bits per heavy atom. The van der Waals surface area contributed by atoms with Gasteiger partial charge in [0.1, 0.15) is 35.8 Å². The predicted octanol–water partition coefficient (Wildman–Crippen LogP) is 2.66. The molecular weight excluding hydrogens is 448 g/mol. The lowest BCUT2D eigenvalue weighted by atomic mass is 9.83. The van der Waals surface area contributed by atoms with Crippen LogP contribution in [0.3, 0.4) is 0 Å². The summed E-state index contributed by atoms with van der Waals surface area (Å²) in [5, 5.41) is 32.7. The highest BCUT2D eigenvalue weighted by Gasteiger charge is 2.54. The Morgan fingerprint density at radius 2 is 1.70 bits per heavy atom. The first-order valence-electron chi connectivity index (χ1n) is 11.3. The highest BCUT2D eigenvalue weighted by molar-refractivity contribution is 6.31. The van der Waals surface area contributed by atoms with Crippen molar-refractivity contribution in [3.8, 4) is 5.75 Å². The van der Waals surface area contributed by atoms with Crippen molar-refractivity contribution in [3.63, 3.8) is 0 Å². The minimum atomic E-state index is -1.42. The van der Waals surface area contributed by atoms with Crippen molar-refractivity contribution in [1.82, 2.24) is 0 Å². The van der Waals surface area contributed by atoms with Gasteiger partial charge in [-0.1, -0.05) is 35.9 Å². The van der Waals surface area contributed by atoms with Crippen molar-refractivity contribution in [2.75, 3.05) is 33.0 Å². The molecule has 180 valence electrons. The molecule has 8 heteroatoms. The molecule has 2 fully saturated rings. The molecule has 4 rings (SSSR count). The summed E-state index contributed by atoms with van der Waals surface area (Å²) < 4.78 is 23.1. The van der Waals surface area contributed by atoms with E-state index in [4.69, 9.17) is 30.5 Å². The summed E-state index contributed by atoms with van der Waals surface area (Å²) in [6, 6.07) is 13.2. The van der Waals surface area contributed by atoms with E-state index in [9.17, 15) is 15.3 Å². The fourth-order valence-corrected chi connectivity index (χ4v) is 4.55. The highest BCUT2D eigenvalue weighted by Crippen LogP contribution is 2.40. The standard InChI is InChI=1S/C25H31ClO7/c1-2-32-19-7-4-16(5-8-19)12-18-13-17(6-9-20(18)26)23-21(27)22(28)24(29)25(33-23)14-30-10-3-11-31-15-25/h4-9,13,21-24,27-29H,2-3,10-12,14-15H2,1H3. The zero-order valence-corrected chi connectivity index (χ0v) is 19.4. The van der Waals surface area contributed by atoms with Gasteiger partial charge in [-0.25, -0.2) is 0 Å². The first kappa shape index (κ1) is 24.4. The quantitative estimate of drug-likeness (QED) is 0.607. The van der Waals surface area contributed by atoms with Crippen molar-refractivity contribution in [3.05, 3.63) is 64.2 Å². The molecule has 2 aromatic rings. The Labute approximate surface area is 198 Å². The van der Waals surface area contributed by atoms with Crippen LogP contribution in [-0.2, 0) is 20.6 Å². The van der Waals surface area contributed by atoms with E-state index < -0.39 is 30.0 Å². The van der Waals surface area contributed by atoms with Crippen molar-refractivity contribution >= 4 is 11.6 Å². The van der Waals surface area contributed by atoms with Crippen LogP contribution in [0.25, 0.3) is 0 Å². The molecule has 2 saturated heterocycles. The Hall–Kier alpha value is -1.71. The van der Waals surface area contributed by atoms with Crippen LogP contribution < -0.4 is 4.74 Å². The van der Waals surface area contributed by atoms with Crippen LogP contribution in [0.15, 0.2) is 42.5 Å². The Morgan fingerprint density at radius 3 is 2.36 bits per heavy atom. The van der Waals surface area contributed by atoms with E-state index in [0.29, 0.717) is 36.8 Å². The minimum absolute atomic E-state index is 0.0566. The molecule has 0 bridgehead atoms. The average Bonchev–Trinajstić information content (AvgIpc) is 2.80. The van der Waals surface area contributed by atoms with Crippen molar-refractivity contribution < 1.29 is 34.3 Å². The largest absolute Gasteiger partial charge is 0.494 e. The Kier molecular flexibility index (Phi) is 7.91. The van der Waals surface area contributed by atoms with Crippen LogP contribution in [0.2, 0.25) is 5.02 Å². The van der Waals surface area contributed by atoms with Crippen molar-refractivity contribution in [2.24, 2.45) is 0 Å². The molecule has 0 amide bonds. The number of hydrogen-bond acceptors (Lipinski definition) is 7. The van der Waals surface area contributed by atoms with E-state index in [-0.39, 0.29) is 13.2 Å². The summed E-state index contributed by atoms with van der Waals surface area (Å²) in [6.45, 7) is 3.59. The molecule has 0 aliphatic carbocycles. The molecule has 4 atom stereocenters. The summed E-state index contributed by atoms with van der Waals surface area (Å²) in [4.78, 5) is 0. The molecular formula is C25H31ClO7. The number of benzene rings is 2. The van der Waals surface area contributed by atoms with E-state index >= 15 is 0 Å². The maximum atomic E-state index is 10.8. The number of hydrogen-bond donors (Lipinski definition) is 3. The molecule has 3 N–H and O–H groups in total. The monoisotopic (exact) mass is 478 g/mol. The van der Waals surface area contributed by atoms with E-state index in [1.165, 1.54) is 0 Å². The third-order valence-electron chi connectivity index (χ3n) is 6.18. The Balaban J connectivity index is 1.59. The average molecular weight is 479 g/mol. The number of ether oxygens (including phenoxy) is 4. The molecule has 2 aliphatic heterocycles. The molecule has 1 spiro atoms. The molecule has 4 unspecified atom stereocenters. The van der Waals surface area contributed by atoms with Gasteiger partial charge in [-0.2, -0.15) is 0 Å². The lowest BCUT2D eigenvalue weighted by Crippen LogP contribution is -2.65. The number of aliphatic hydroxyl groups excluding tert-OH is 3. The van der Waals surface area contributed by atoms with Gasteiger partial charge in [-0.05, 0) is 54.7 Å². The third kappa shape index (κ3) is 5.35. The molecule has 2 heterocycles. The van der Waals surface area contributed by atoms with Gasteiger partial charge in [0.15, 0.2) is 0 Å². The SMILES string of the molecule is CCOc1ccc(Cc2cc(C3OC4(COCCCOC4)C(O)C(O)C3O)ccc2Cl)cc1. The van der Waals surface area contributed by atoms with Gasteiger partial charge in [0.25, 0.3) is 0 Å². The van der Waals surface area contributed by atoms with Gasteiger partial charge in [0.2, 0.25) is 0 Å². The molecule has 0 radical (unpaired) electrons. The van der Waals surface area contributed by atoms with E-state index in [0.717, 1.165) is 23.3 Å². The van der Waals surface area contributed by atoms with Crippen LogP contribution >= 0.6 is 11.6 Å². The fourth-order valence-electron chi connectivity index (χ4n) is 4.37. The molecule has 7 nitrogen and oxygen atoms in total. The van der Waals surface area contributed by atoms with Crippen LogP contribution in [0.1, 0.15) is 36.1 Å². The van der Waals surface area contributed by atoms with E-state index in [2.05, 4.69) is 0 Å². The van der Waals surface area contributed by atoms with Crippen LogP contribution in [0, 0.1) is 0 Å². The van der Waals surface area contributed by atoms with Crippen molar-refractivity contribution in [2.45, 2.75) is 49.8 Å². The molecule has 0 aromatic heterocycles. The second-order valence-corrected chi connectivity index (χ2v) is 9.00. The van der Waals surface area contributed by atoms with Crippen LogP contribution in [0.5, 0.6) is 5.75 Å². The van der Waals surface area contributed by atoms with E-state index in [1.807, 2.05) is 37.3 Å². The predicted molar refractivity (Wildman–Crippen MR) is 123 cm³/mol. The maximum absolute atomic E-state index is 10.8. The number of rotatable bonds is 5. The van der Waals surface area contributed by atoms with Gasteiger partial charge >= 0.3 is 0 Å².